The smallest absolute Gasteiger partial charge is 0.177 e. The summed E-state index contributed by atoms with van der Waals surface area (Å²) in [6.45, 7) is 0. The highest BCUT2D eigenvalue weighted by molar-refractivity contribution is 8.13. The quantitative estimate of drug-likeness (QED) is 0.263. The van der Waals surface area contributed by atoms with Crippen LogP contribution in [0, 0.1) is 5.92 Å². The molecule has 0 aliphatic heterocycles. The SMILES string of the molecule is N/N=C(\N)SCC1CCC(O)CC1. The van der Waals surface area contributed by atoms with E-state index in [1.807, 2.05) is 0 Å². The van der Waals surface area contributed by atoms with E-state index in [-0.39, 0.29) is 6.10 Å². The van der Waals surface area contributed by atoms with Gasteiger partial charge in [0.1, 0.15) is 0 Å². The molecule has 0 unspecified atom stereocenters. The number of hydrazone groups is 1. The third-order valence-corrected chi connectivity index (χ3v) is 3.45. The second kappa shape index (κ2) is 5.34. The number of nitrogens with zero attached hydrogens (tertiary/aromatic N) is 1. The van der Waals surface area contributed by atoms with Gasteiger partial charge in [0.15, 0.2) is 5.17 Å². The summed E-state index contributed by atoms with van der Waals surface area (Å²) in [7, 11) is 0. The Balaban J connectivity index is 2.16. The topological polar surface area (TPSA) is 84.6 Å². The lowest BCUT2D eigenvalue weighted by Gasteiger charge is -2.24. The molecule has 0 radical (unpaired) electrons. The number of hydrogen-bond donors (Lipinski definition) is 3. The van der Waals surface area contributed by atoms with E-state index in [2.05, 4.69) is 5.10 Å². The predicted molar refractivity (Wildman–Crippen MR) is 56.2 cm³/mol. The second-order valence-corrected chi connectivity index (χ2v) is 4.49. The Morgan fingerprint density at radius 1 is 1.38 bits per heavy atom. The molecule has 1 aliphatic carbocycles. The van der Waals surface area contributed by atoms with Gasteiger partial charge < -0.3 is 16.7 Å². The van der Waals surface area contributed by atoms with E-state index < -0.39 is 0 Å². The van der Waals surface area contributed by atoms with Crippen LogP contribution < -0.4 is 11.6 Å². The minimum Gasteiger partial charge on any atom is -0.393 e. The molecule has 4 nitrogen and oxygen atoms in total. The molecule has 5 N–H and O–H groups in total. The molecule has 0 aromatic rings. The maximum atomic E-state index is 9.28. The van der Waals surface area contributed by atoms with E-state index >= 15 is 0 Å². The van der Waals surface area contributed by atoms with E-state index in [1.54, 1.807) is 0 Å². The Labute approximate surface area is 82.8 Å². The van der Waals surface area contributed by atoms with Gasteiger partial charge in [-0.2, -0.15) is 5.10 Å². The molecular weight excluding hydrogens is 186 g/mol. The van der Waals surface area contributed by atoms with Gasteiger partial charge in [0.25, 0.3) is 0 Å². The maximum absolute atomic E-state index is 9.28. The van der Waals surface area contributed by atoms with E-state index in [9.17, 15) is 5.11 Å². The largest absolute Gasteiger partial charge is 0.393 e. The van der Waals surface area contributed by atoms with Crippen LogP contribution in [0.4, 0.5) is 0 Å². The molecule has 0 heterocycles. The van der Waals surface area contributed by atoms with Crippen LogP contribution in [-0.4, -0.2) is 22.1 Å². The highest BCUT2D eigenvalue weighted by atomic mass is 32.2. The van der Waals surface area contributed by atoms with Gasteiger partial charge in [-0.1, -0.05) is 11.8 Å². The van der Waals surface area contributed by atoms with Crippen molar-refractivity contribution in [1.29, 1.82) is 0 Å². The third kappa shape index (κ3) is 3.87. The predicted octanol–water partition coefficient (Wildman–Crippen LogP) is 0.459. The Kier molecular flexibility index (Phi) is 4.38. The summed E-state index contributed by atoms with van der Waals surface area (Å²) in [5, 5.41) is 13.1. The van der Waals surface area contributed by atoms with Crippen molar-refractivity contribution >= 4 is 16.9 Å². The van der Waals surface area contributed by atoms with Gasteiger partial charge >= 0.3 is 0 Å². The molecule has 0 bridgehead atoms. The first-order chi connectivity index (χ1) is 6.22. The number of aliphatic hydroxyl groups excluding tert-OH is 1. The molecular formula is C8H17N3OS. The normalized spacial score (nSPS) is 30.4. The van der Waals surface area contributed by atoms with Gasteiger partial charge in [0.2, 0.25) is 0 Å². The summed E-state index contributed by atoms with van der Waals surface area (Å²) in [5.74, 6) is 6.64. The van der Waals surface area contributed by atoms with Gasteiger partial charge in [0, 0.05) is 5.75 Å². The molecule has 1 aliphatic rings. The van der Waals surface area contributed by atoms with Crippen molar-refractivity contribution < 1.29 is 5.11 Å². The Hall–Kier alpha value is -0.420. The van der Waals surface area contributed by atoms with Crippen molar-refractivity contribution in [2.45, 2.75) is 31.8 Å². The van der Waals surface area contributed by atoms with Gasteiger partial charge in [-0.25, -0.2) is 0 Å². The van der Waals surface area contributed by atoms with E-state index in [4.69, 9.17) is 11.6 Å². The van der Waals surface area contributed by atoms with Crippen molar-refractivity contribution in [2.24, 2.45) is 22.6 Å². The molecule has 76 valence electrons. The molecule has 5 heteroatoms. The van der Waals surface area contributed by atoms with E-state index in [0.29, 0.717) is 11.1 Å². The van der Waals surface area contributed by atoms with Crippen LogP contribution in [-0.2, 0) is 0 Å². The monoisotopic (exact) mass is 203 g/mol. The molecule has 1 rings (SSSR count). The second-order valence-electron chi connectivity index (χ2n) is 3.45. The lowest BCUT2D eigenvalue weighted by Crippen LogP contribution is -2.21. The highest BCUT2D eigenvalue weighted by Gasteiger charge is 2.19. The Morgan fingerprint density at radius 2 is 2.00 bits per heavy atom. The zero-order chi connectivity index (χ0) is 9.68. The molecule has 1 saturated carbocycles. The summed E-state index contributed by atoms with van der Waals surface area (Å²) in [4.78, 5) is 0. The number of rotatable bonds is 2. The molecule has 1 fully saturated rings. The van der Waals surface area contributed by atoms with Crippen molar-refractivity contribution in [1.82, 2.24) is 0 Å². The highest BCUT2D eigenvalue weighted by Crippen LogP contribution is 2.26. The number of nitrogens with two attached hydrogens (primary N) is 2. The summed E-state index contributed by atoms with van der Waals surface area (Å²) in [6.07, 6.45) is 3.94. The Morgan fingerprint density at radius 3 is 2.54 bits per heavy atom. The van der Waals surface area contributed by atoms with Gasteiger partial charge in [-0.3, -0.25) is 0 Å². The molecule has 13 heavy (non-hydrogen) atoms. The van der Waals surface area contributed by atoms with Gasteiger partial charge in [0.05, 0.1) is 6.10 Å². The lowest BCUT2D eigenvalue weighted by atomic mass is 9.89. The van der Waals surface area contributed by atoms with Crippen molar-refractivity contribution in [2.75, 3.05) is 5.75 Å². The fourth-order valence-corrected chi connectivity index (χ4v) is 2.37. The summed E-state index contributed by atoms with van der Waals surface area (Å²) < 4.78 is 0. The first-order valence-corrected chi connectivity index (χ1v) is 5.55. The van der Waals surface area contributed by atoms with Crippen molar-refractivity contribution in [3.8, 4) is 0 Å². The average Bonchev–Trinajstić information content (AvgIpc) is 2.16. The van der Waals surface area contributed by atoms with Crippen LogP contribution >= 0.6 is 11.8 Å². The van der Waals surface area contributed by atoms with E-state index in [1.165, 1.54) is 11.8 Å². The Bertz CT molecular complexity index is 178. The van der Waals surface area contributed by atoms with Crippen LogP contribution in [0.25, 0.3) is 0 Å². The van der Waals surface area contributed by atoms with E-state index in [0.717, 1.165) is 31.4 Å². The van der Waals surface area contributed by atoms with Crippen LogP contribution in [0.15, 0.2) is 5.10 Å². The van der Waals surface area contributed by atoms with Crippen LogP contribution in [0.3, 0.4) is 0 Å². The fourth-order valence-electron chi connectivity index (χ4n) is 1.55. The standard InChI is InChI=1S/C8H17N3OS/c9-8(11-10)13-5-6-1-3-7(12)4-2-6/h6-7,12H,1-5,10H2,(H2,9,11). The van der Waals surface area contributed by atoms with Crippen LogP contribution in [0.5, 0.6) is 0 Å². The number of thioether (sulfide) groups is 1. The molecule has 0 amide bonds. The summed E-state index contributed by atoms with van der Waals surface area (Å²) in [6, 6.07) is 0. The average molecular weight is 203 g/mol. The zero-order valence-electron chi connectivity index (χ0n) is 7.65. The zero-order valence-corrected chi connectivity index (χ0v) is 8.46. The van der Waals surface area contributed by atoms with Crippen LogP contribution in [0.2, 0.25) is 0 Å². The van der Waals surface area contributed by atoms with Gasteiger partial charge in [-0.05, 0) is 31.6 Å². The first kappa shape index (κ1) is 10.7. The minimum absolute atomic E-state index is 0.0817. The molecule has 0 aromatic carbocycles. The van der Waals surface area contributed by atoms with Crippen LogP contribution in [0.1, 0.15) is 25.7 Å². The minimum atomic E-state index is -0.0817. The maximum Gasteiger partial charge on any atom is 0.177 e. The number of amidine groups is 1. The number of hydrogen-bond acceptors (Lipinski definition) is 4. The number of aliphatic hydroxyl groups is 1. The summed E-state index contributed by atoms with van der Waals surface area (Å²) >= 11 is 1.51. The summed E-state index contributed by atoms with van der Waals surface area (Å²) in [5.41, 5.74) is 5.46. The lowest BCUT2D eigenvalue weighted by molar-refractivity contribution is 0.113. The molecule has 0 aromatic heterocycles. The first-order valence-electron chi connectivity index (χ1n) is 4.56. The fraction of sp³-hybridized carbons (Fsp3) is 0.875. The van der Waals surface area contributed by atoms with Crippen molar-refractivity contribution in [3.05, 3.63) is 0 Å². The van der Waals surface area contributed by atoms with Gasteiger partial charge in [-0.15, -0.1) is 0 Å². The molecule has 0 atom stereocenters. The van der Waals surface area contributed by atoms with Crippen molar-refractivity contribution in [3.63, 3.8) is 0 Å². The molecule has 0 spiro atoms. The third-order valence-electron chi connectivity index (χ3n) is 2.41. The molecule has 0 saturated heterocycles.